The zero-order valence-corrected chi connectivity index (χ0v) is 9.85. The first-order chi connectivity index (χ1) is 3.73. The van der Waals surface area contributed by atoms with Gasteiger partial charge in [-0.05, 0) is 0 Å². The van der Waals surface area contributed by atoms with Crippen molar-refractivity contribution in [1.82, 2.24) is 0 Å². The Labute approximate surface area is 73.2 Å². The third kappa shape index (κ3) is 839. The maximum absolute atomic E-state index is 8.82. The van der Waals surface area contributed by atoms with Gasteiger partial charge in [0.05, 0.1) is 0 Å². The van der Waals surface area contributed by atoms with Crippen LogP contribution in [0.5, 0.6) is 0 Å². The summed E-state index contributed by atoms with van der Waals surface area (Å²) < 4.78 is 55.0. The van der Waals surface area contributed by atoms with E-state index in [1.54, 1.807) is 0 Å². The van der Waals surface area contributed by atoms with E-state index in [0.29, 0.717) is 0 Å². The van der Waals surface area contributed by atoms with E-state index in [-0.39, 0.29) is 17.1 Å². The molecule has 0 aromatic carbocycles. The van der Waals surface area contributed by atoms with Gasteiger partial charge in [0.15, 0.2) is 0 Å². The summed E-state index contributed by atoms with van der Waals surface area (Å²) in [6.45, 7) is 0. The van der Waals surface area contributed by atoms with Gasteiger partial charge < -0.3 is 0 Å². The molecule has 0 aliphatic heterocycles. The van der Waals surface area contributed by atoms with Crippen LogP contribution in [0.3, 0.4) is 0 Å². The standard InChI is InChI=1S/H2O4Se.H2O3Se.H2Se/c1-5(2,3)4;1-4(2)3;/h(H2,1,2,3,4);(H2,1,2,3);1H2. The number of rotatable bonds is 0. The van der Waals surface area contributed by atoms with Gasteiger partial charge in [-0.15, -0.1) is 0 Å². The summed E-state index contributed by atoms with van der Waals surface area (Å²) in [4.78, 5) is 0. The molecule has 0 saturated carbocycles. The van der Waals surface area contributed by atoms with Crippen LogP contribution in [0, 0.1) is 0 Å². The quantitative estimate of drug-likeness (QED) is 0.324. The van der Waals surface area contributed by atoms with Gasteiger partial charge in [0.2, 0.25) is 0 Å². The van der Waals surface area contributed by atoms with Gasteiger partial charge in [-0.25, -0.2) is 0 Å². The summed E-state index contributed by atoms with van der Waals surface area (Å²) in [6.07, 6.45) is 0. The van der Waals surface area contributed by atoms with Gasteiger partial charge >= 0.3 is 73.2 Å². The fourth-order valence-corrected chi connectivity index (χ4v) is 0. The van der Waals surface area contributed by atoms with Crippen LogP contribution in [0.15, 0.2) is 0 Å². The van der Waals surface area contributed by atoms with Crippen molar-refractivity contribution in [3.05, 3.63) is 0 Å². The minimum absolute atomic E-state index is 0. The molecule has 10 heteroatoms. The second-order valence-corrected chi connectivity index (χ2v) is 3.53. The molecule has 66 valence electrons. The third-order valence-electron chi connectivity index (χ3n) is 0. The first kappa shape index (κ1) is 17.0. The topological polar surface area (TPSA) is 132 Å². The summed E-state index contributed by atoms with van der Waals surface area (Å²) in [6, 6.07) is 0. The normalized spacial score (nSPS) is 9.30. The average molecular weight is 355 g/mol. The van der Waals surface area contributed by atoms with Gasteiger partial charge in [0.1, 0.15) is 0 Å². The van der Waals surface area contributed by atoms with Crippen LogP contribution < -0.4 is 0 Å². The van der Waals surface area contributed by atoms with Crippen LogP contribution in [0.25, 0.3) is 0 Å². The Hall–Kier alpha value is 0.798. The molecule has 0 unspecified atom stereocenters. The molecule has 0 spiro atoms. The first-order valence-corrected chi connectivity index (χ1v) is 6.39. The zero-order valence-electron chi connectivity index (χ0n) is 4.33. The Kier molecular flexibility index (Phi) is 13.5. The van der Waals surface area contributed by atoms with E-state index >= 15 is 0 Å². The van der Waals surface area contributed by atoms with Crippen molar-refractivity contribution in [2.45, 2.75) is 0 Å². The van der Waals surface area contributed by atoms with E-state index in [0.717, 1.165) is 0 Å². The molecule has 0 amide bonds. The molecule has 0 fully saturated rings. The van der Waals surface area contributed by atoms with Crippen LogP contribution in [-0.4, -0.2) is 61.7 Å². The fraction of sp³-hybridized carbons (Fsp3) is 0. The molecule has 0 aliphatic rings. The molecule has 0 rings (SSSR count). The fourth-order valence-electron chi connectivity index (χ4n) is 0. The van der Waals surface area contributed by atoms with Gasteiger partial charge in [-0.1, -0.05) is 0 Å². The van der Waals surface area contributed by atoms with Crippen molar-refractivity contribution in [3.8, 4) is 0 Å². The molecular weight excluding hydrogens is 349 g/mol. The summed E-state index contributed by atoms with van der Waals surface area (Å²) in [5.41, 5.74) is 0. The predicted octanol–water partition coefficient (Wildman–Crippen LogP) is -4.26. The molecule has 0 aliphatic carbocycles. The Morgan fingerprint density at radius 2 is 1.10 bits per heavy atom. The SMILES string of the molecule is O=[Se](=O)(O)O.O=[Se](O)O.[SeH2]. The van der Waals surface area contributed by atoms with Crippen LogP contribution in [0.4, 0.5) is 0 Å². The summed E-state index contributed by atoms with van der Waals surface area (Å²) in [5.74, 6) is 0. The van der Waals surface area contributed by atoms with Crippen molar-refractivity contribution in [1.29, 1.82) is 0 Å². The summed E-state index contributed by atoms with van der Waals surface area (Å²) >= 11 is -8.54. The number of hydrogen-bond acceptors (Lipinski definition) is 3. The minimum atomic E-state index is -5.25. The van der Waals surface area contributed by atoms with Gasteiger partial charge in [0.25, 0.3) is 0 Å². The Morgan fingerprint density at radius 1 is 1.10 bits per heavy atom. The summed E-state index contributed by atoms with van der Waals surface area (Å²) in [5, 5.41) is 0. The van der Waals surface area contributed by atoms with Gasteiger partial charge in [0, 0.05) is 0 Å². The van der Waals surface area contributed by atoms with Crippen molar-refractivity contribution < 1.29 is 28.3 Å². The van der Waals surface area contributed by atoms with Crippen LogP contribution in [0.2, 0.25) is 0 Å². The van der Waals surface area contributed by atoms with E-state index < -0.39 is 27.9 Å². The average Bonchev–Trinajstić information content (AvgIpc) is 1.19. The second kappa shape index (κ2) is 7.90. The molecule has 0 radical (unpaired) electrons. The summed E-state index contributed by atoms with van der Waals surface area (Å²) in [7, 11) is 0. The molecule has 10 heavy (non-hydrogen) atoms. The van der Waals surface area contributed by atoms with Crippen LogP contribution in [-0.2, 0) is 11.5 Å². The van der Waals surface area contributed by atoms with Crippen molar-refractivity contribution in [2.75, 3.05) is 0 Å². The molecular formula is H6O7Se3. The molecule has 0 aromatic heterocycles. The molecule has 7 nitrogen and oxygen atoms in total. The molecule has 0 aromatic rings. The predicted molar refractivity (Wildman–Crippen MR) is 31.0 cm³/mol. The Balaban J connectivity index is -0.0000000910. The molecule has 0 atom stereocenters. The van der Waals surface area contributed by atoms with E-state index in [1.165, 1.54) is 0 Å². The van der Waals surface area contributed by atoms with Crippen molar-refractivity contribution >= 4 is 44.9 Å². The monoisotopic (exact) mass is 358 g/mol. The molecule has 4 N–H and O–H groups in total. The van der Waals surface area contributed by atoms with Gasteiger partial charge in [-0.3, -0.25) is 0 Å². The number of hydrogen-bond donors (Lipinski definition) is 4. The molecule has 0 bridgehead atoms. The van der Waals surface area contributed by atoms with Crippen LogP contribution in [0.1, 0.15) is 0 Å². The Morgan fingerprint density at radius 3 is 1.10 bits per heavy atom. The second-order valence-electron chi connectivity index (χ2n) is 0.679. The maximum atomic E-state index is 8.82. The van der Waals surface area contributed by atoms with E-state index in [4.69, 9.17) is 28.3 Å². The zero-order chi connectivity index (χ0) is 8.08. The van der Waals surface area contributed by atoms with Gasteiger partial charge in [-0.2, -0.15) is 0 Å². The van der Waals surface area contributed by atoms with Crippen molar-refractivity contribution in [3.63, 3.8) is 0 Å². The molecule has 0 heterocycles. The van der Waals surface area contributed by atoms with E-state index in [1.807, 2.05) is 0 Å². The van der Waals surface area contributed by atoms with Crippen molar-refractivity contribution in [2.24, 2.45) is 0 Å². The molecule has 0 saturated heterocycles. The third-order valence-corrected chi connectivity index (χ3v) is 0. The van der Waals surface area contributed by atoms with E-state index in [9.17, 15) is 0 Å². The van der Waals surface area contributed by atoms with E-state index in [2.05, 4.69) is 0 Å². The van der Waals surface area contributed by atoms with Crippen LogP contribution >= 0.6 is 0 Å². The Bertz CT molecular complexity index is 151. The first-order valence-electron chi connectivity index (χ1n) is 1.23.